The molecular weight excluding hydrogens is 544 g/mol. The molecule has 0 bridgehead atoms. The standard InChI is InChI=1S/C26H27ClN6O5S/c1-13-9-16(15(3)30-19-5-6-21(27)31-22(19)26(35)32-39(4,36)37)25-17(10-13)23(34)14(2)24(38-25)18-11-29-33-8-7-28-12-20(18)33/h5-6,9-11,15,28,30H,7-8,12H2,1-4H3,(H,32,35)/t15-/m1/s1. The first-order chi connectivity index (χ1) is 18.4. The maximum absolute atomic E-state index is 13.6. The van der Waals surface area contributed by atoms with Crippen molar-refractivity contribution in [3.8, 4) is 11.3 Å². The number of rotatable bonds is 6. The van der Waals surface area contributed by atoms with Gasteiger partial charge in [-0.1, -0.05) is 17.7 Å². The fraction of sp³-hybridized carbons (Fsp3) is 0.308. The van der Waals surface area contributed by atoms with Gasteiger partial charge in [0, 0.05) is 24.2 Å². The molecule has 0 aliphatic carbocycles. The van der Waals surface area contributed by atoms with Crippen LogP contribution in [0.15, 0.2) is 39.7 Å². The molecule has 39 heavy (non-hydrogen) atoms. The highest BCUT2D eigenvalue weighted by atomic mass is 35.5. The molecule has 4 aromatic rings. The Morgan fingerprint density at radius 1 is 1.26 bits per heavy atom. The fourth-order valence-corrected chi connectivity index (χ4v) is 5.35. The Hall–Kier alpha value is -3.74. The summed E-state index contributed by atoms with van der Waals surface area (Å²) in [7, 11) is -3.83. The number of hydrogen-bond donors (Lipinski definition) is 3. The van der Waals surface area contributed by atoms with Crippen molar-refractivity contribution in [1.82, 2.24) is 24.8 Å². The maximum atomic E-state index is 13.6. The Kier molecular flexibility index (Phi) is 6.95. The summed E-state index contributed by atoms with van der Waals surface area (Å²) in [6, 6.07) is 6.23. The minimum Gasteiger partial charge on any atom is -0.455 e. The predicted octanol–water partition coefficient (Wildman–Crippen LogP) is 3.29. The van der Waals surface area contributed by atoms with Gasteiger partial charge in [-0.3, -0.25) is 14.3 Å². The lowest BCUT2D eigenvalue weighted by molar-refractivity contribution is 0.0977. The summed E-state index contributed by atoms with van der Waals surface area (Å²) in [5.74, 6) is -0.469. The molecular formula is C26H27ClN6O5S. The molecule has 5 rings (SSSR count). The molecule has 11 nitrogen and oxygen atoms in total. The van der Waals surface area contributed by atoms with Crippen LogP contribution >= 0.6 is 11.6 Å². The Labute approximate surface area is 229 Å². The van der Waals surface area contributed by atoms with E-state index in [1.54, 1.807) is 25.3 Å². The summed E-state index contributed by atoms with van der Waals surface area (Å²) in [4.78, 5) is 30.3. The third-order valence-electron chi connectivity index (χ3n) is 6.57. The molecule has 0 spiro atoms. The van der Waals surface area contributed by atoms with Crippen molar-refractivity contribution in [3.63, 3.8) is 0 Å². The number of anilines is 1. The van der Waals surface area contributed by atoms with Crippen LogP contribution in [0.5, 0.6) is 0 Å². The molecule has 0 radical (unpaired) electrons. The van der Waals surface area contributed by atoms with Crippen molar-refractivity contribution in [2.75, 3.05) is 18.1 Å². The second-order valence-electron chi connectivity index (χ2n) is 9.62. The van der Waals surface area contributed by atoms with Crippen LogP contribution in [-0.2, 0) is 23.1 Å². The number of aryl methyl sites for hydroxylation is 1. The molecule has 0 fully saturated rings. The normalized spacial score (nSPS) is 14.2. The van der Waals surface area contributed by atoms with Crippen LogP contribution in [0.3, 0.4) is 0 Å². The molecule has 1 aromatic carbocycles. The Balaban J connectivity index is 1.62. The average Bonchev–Trinajstić information content (AvgIpc) is 3.30. The number of carbonyl (C=O) groups excluding carboxylic acids is 1. The second kappa shape index (κ2) is 10.1. The molecule has 0 unspecified atom stereocenters. The SMILES string of the molecule is Cc1cc([C@@H](C)Nc2ccc(Cl)nc2C(=O)NS(C)(=O)=O)c2oc(-c3cnn4c3CNCC4)c(C)c(=O)c2c1. The molecule has 0 saturated carbocycles. The van der Waals surface area contributed by atoms with E-state index in [0.717, 1.165) is 36.2 Å². The predicted molar refractivity (Wildman–Crippen MR) is 148 cm³/mol. The number of halogens is 1. The highest BCUT2D eigenvalue weighted by molar-refractivity contribution is 7.89. The highest BCUT2D eigenvalue weighted by Crippen LogP contribution is 2.34. The lowest BCUT2D eigenvalue weighted by Crippen LogP contribution is -2.31. The van der Waals surface area contributed by atoms with Gasteiger partial charge in [0.1, 0.15) is 16.5 Å². The van der Waals surface area contributed by atoms with Gasteiger partial charge in [0.25, 0.3) is 5.91 Å². The van der Waals surface area contributed by atoms with Crippen molar-refractivity contribution in [2.45, 2.75) is 39.9 Å². The molecule has 3 aromatic heterocycles. The van der Waals surface area contributed by atoms with Crippen molar-refractivity contribution in [3.05, 3.63) is 73.9 Å². The number of nitrogens with zero attached hydrogens (tertiary/aromatic N) is 3. The maximum Gasteiger partial charge on any atom is 0.285 e. The van der Waals surface area contributed by atoms with E-state index >= 15 is 0 Å². The lowest BCUT2D eigenvalue weighted by atomic mass is 9.98. The Bertz CT molecular complexity index is 1800. The van der Waals surface area contributed by atoms with E-state index in [1.807, 2.05) is 29.3 Å². The fourth-order valence-electron chi connectivity index (χ4n) is 4.77. The summed E-state index contributed by atoms with van der Waals surface area (Å²) in [5.41, 5.74) is 4.04. The number of aromatic nitrogens is 3. The van der Waals surface area contributed by atoms with Gasteiger partial charge in [0.05, 0.1) is 47.4 Å². The van der Waals surface area contributed by atoms with Gasteiger partial charge in [-0.25, -0.2) is 18.1 Å². The minimum atomic E-state index is -3.83. The first kappa shape index (κ1) is 26.9. The van der Waals surface area contributed by atoms with E-state index < -0.39 is 22.0 Å². The van der Waals surface area contributed by atoms with Gasteiger partial charge < -0.3 is 15.1 Å². The van der Waals surface area contributed by atoms with Gasteiger partial charge in [-0.15, -0.1) is 0 Å². The number of carbonyl (C=O) groups is 1. The van der Waals surface area contributed by atoms with E-state index in [4.69, 9.17) is 16.0 Å². The van der Waals surface area contributed by atoms with Gasteiger partial charge >= 0.3 is 0 Å². The number of pyridine rings is 1. The summed E-state index contributed by atoms with van der Waals surface area (Å²) in [6.07, 6.45) is 2.60. The third-order valence-corrected chi connectivity index (χ3v) is 7.34. The van der Waals surface area contributed by atoms with Crippen molar-refractivity contribution in [1.29, 1.82) is 0 Å². The molecule has 1 amide bonds. The van der Waals surface area contributed by atoms with Crippen molar-refractivity contribution in [2.24, 2.45) is 0 Å². The lowest BCUT2D eigenvalue weighted by Gasteiger charge is -2.20. The number of hydrogen-bond acceptors (Lipinski definition) is 9. The third kappa shape index (κ3) is 5.27. The second-order valence-corrected chi connectivity index (χ2v) is 11.8. The van der Waals surface area contributed by atoms with E-state index in [9.17, 15) is 18.0 Å². The van der Waals surface area contributed by atoms with Crippen LogP contribution in [0.2, 0.25) is 5.15 Å². The van der Waals surface area contributed by atoms with Crippen molar-refractivity contribution < 1.29 is 17.6 Å². The van der Waals surface area contributed by atoms with Crippen LogP contribution < -0.4 is 20.8 Å². The molecule has 1 aliphatic heterocycles. The van der Waals surface area contributed by atoms with Crippen LogP contribution in [-0.4, -0.2) is 41.9 Å². The molecule has 1 atom stereocenters. The summed E-state index contributed by atoms with van der Waals surface area (Å²) in [5, 5.41) is 11.5. The van der Waals surface area contributed by atoms with Crippen LogP contribution in [0.25, 0.3) is 22.3 Å². The average molecular weight is 571 g/mol. The monoisotopic (exact) mass is 570 g/mol. The van der Waals surface area contributed by atoms with Crippen LogP contribution in [0.1, 0.15) is 45.8 Å². The molecule has 4 heterocycles. The van der Waals surface area contributed by atoms with Gasteiger partial charge in [0.15, 0.2) is 11.1 Å². The number of fused-ring (bicyclic) bond motifs is 2. The topological polar surface area (TPSA) is 148 Å². The van der Waals surface area contributed by atoms with E-state index in [2.05, 4.69) is 20.7 Å². The summed E-state index contributed by atoms with van der Waals surface area (Å²) in [6.45, 7) is 7.61. The number of sulfonamides is 1. The van der Waals surface area contributed by atoms with E-state index in [-0.39, 0.29) is 22.0 Å². The highest BCUT2D eigenvalue weighted by Gasteiger charge is 2.25. The van der Waals surface area contributed by atoms with Crippen LogP contribution in [0.4, 0.5) is 5.69 Å². The van der Waals surface area contributed by atoms with Gasteiger partial charge in [0.2, 0.25) is 10.0 Å². The Morgan fingerprint density at radius 3 is 2.77 bits per heavy atom. The zero-order valence-electron chi connectivity index (χ0n) is 21.8. The number of nitrogens with one attached hydrogen (secondary N) is 3. The molecule has 3 N–H and O–H groups in total. The zero-order valence-corrected chi connectivity index (χ0v) is 23.3. The van der Waals surface area contributed by atoms with E-state index in [0.29, 0.717) is 34.4 Å². The number of benzene rings is 1. The largest absolute Gasteiger partial charge is 0.455 e. The van der Waals surface area contributed by atoms with Gasteiger partial charge in [-0.2, -0.15) is 5.10 Å². The minimum absolute atomic E-state index is 0.0259. The zero-order chi connectivity index (χ0) is 28.1. The first-order valence-corrected chi connectivity index (χ1v) is 14.5. The quantitative estimate of drug-likeness (QED) is 0.297. The first-order valence-electron chi connectivity index (χ1n) is 12.2. The summed E-state index contributed by atoms with van der Waals surface area (Å²) >= 11 is 6.00. The Morgan fingerprint density at radius 2 is 2.03 bits per heavy atom. The van der Waals surface area contributed by atoms with Crippen LogP contribution in [0, 0.1) is 13.8 Å². The van der Waals surface area contributed by atoms with Crippen molar-refractivity contribution >= 4 is 44.2 Å². The van der Waals surface area contributed by atoms with Gasteiger partial charge in [-0.05, 0) is 44.5 Å². The molecule has 1 aliphatic rings. The summed E-state index contributed by atoms with van der Waals surface area (Å²) < 4.78 is 33.6. The van der Waals surface area contributed by atoms with E-state index in [1.165, 1.54) is 6.07 Å². The molecule has 204 valence electrons. The smallest absolute Gasteiger partial charge is 0.285 e. The molecule has 13 heteroatoms. The molecule has 0 saturated heterocycles. The number of amides is 1.